The van der Waals surface area contributed by atoms with Crippen molar-refractivity contribution >= 4 is 21.5 Å². The molecule has 1 heterocycles. The van der Waals surface area contributed by atoms with Crippen LogP contribution >= 0.6 is 0 Å². The SMILES string of the molecule is CC(c1ccccc1)n1nc(Cc2cccc3ccccc23)c2ccccc2c1=O. The molecule has 5 rings (SSSR count). The first kappa shape index (κ1) is 18.3. The molecule has 0 N–H and O–H groups in total. The molecule has 0 bridgehead atoms. The topological polar surface area (TPSA) is 34.9 Å². The predicted molar refractivity (Wildman–Crippen MR) is 123 cm³/mol. The van der Waals surface area contributed by atoms with Gasteiger partial charge in [-0.3, -0.25) is 4.79 Å². The van der Waals surface area contributed by atoms with Crippen LogP contribution in [0.3, 0.4) is 0 Å². The lowest BCUT2D eigenvalue weighted by Crippen LogP contribution is -2.28. The lowest BCUT2D eigenvalue weighted by molar-refractivity contribution is 0.529. The van der Waals surface area contributed by atoms with Gasteiger partial charge in [0, 0.05) is 11.8 Å². The van der Waals surface area contributed by atoms with Gasteiger partial charge in [-0.05, 0) is 34.9 Å². The van der Waals surface area contributed by atoms with Crippen LogP contribution in [0, 0.1) is 0 Å². The van der Waals surface area contributed by atoms with E-state index in [2.05, 4.69) is 42.5 Å². The Bertz CT molecular complexity index is 1400. The van der Waals surface area contributed by atoms with E-state index in [9.17, 15) is 4.79 Å². The average molecular weight is 390 g/mol. The molecule has 0 radical (unpaired) electrons. The third kappa shape index (κ3) is 3.18. The van der Waals surface area contributed by atoms with E-state index in [-0.39, 0.29) is 11.6 Å². The van der Waals surface area contributed by atoms with Crippen LogP contribution in [-0.2, 0) is 6.42 Å². The lowest BCUT2D eigenvalue weighted by Gasteiger charge is -2.17. The fourth-order valence-corrected chi connectivity index (χ4v) is 4.17. The number of hydrogen-bond donors (Lipinski definition) is 0. The molecule has 0 aliphatic carbocycles. The van der Waals surface area contributed by atoms with Gasteiger partial charge in [0.25, 0.3) is 5.56 Å². The normalized spacial score (nSPS) is 12.3. The van der Waals surface area contributed by atoms with Gasteiger partial charge >= 0.3 is 0 Å². The van der Waals surface area contributed by atoms with Gasteiger partial charge in [0.05, 0.1) is 17.1 Å². The molecule has 1 unspecified atom stereocenters. The number of nitrogens with zero attached hydrogens (tertiary/aromatic N) is 2. The quantitative estimate of drug-likeness (QED) is 0.392. The molecule has 146 valence electrons. The summed E-state index contributed by atoms with van der Waals surface area (Å²) in [6.45, 7) is 2.03. The summed E-state index contributed by atoms with van der Waals surface area (Å²) >= 11 is 0. The molecule has 1 aromatic heterocycles. The molecule has 1 atom stereocenters. The zero-order valence-electron chi connectivity index (χ0n) is 16.8. The fraction of sp³-hybridized carbons (Fsp3) is 0.111. The van der Waals surface area contributed by atoms with Gasteiger partial charge in [0.2, 0.25) is 0 Å². The van der Waals surface area contributed by atoms with E-state index in [1.807, 2.05) is 61.5 Å². The Morgan fingerprint density at radius 3 is 2.17 bits per heavy atom. The largest absolute Gasteiger partial charge is 0.275 e. The van der Waals surface area contributed by atoms with Crippen molar-refractivity contribution in [3.63, 3.8) is 0 Å². The molecule has 3 heteroatoms. The van der Waals surface area contributed by atoms with Crippen LogP contribution in [-0.4, -0.2) is 9.78 Å². The zero-order valence-corrected chi connectivity index (χ0v) is 16.8. The van der Waals surface area contributed by atoms with Gasteiger partial charge in [0.15, 0.2) is 0 Å². The summed E-state index contributed by atoms with van der Waals surface area (Å²) in [5.41, 5.74) is 3.15. The standard InChI is InChI=1S/C27H22N2O/c1-19(20-10-3-2-4-11-20)29-27(30)25-17-8-7-16-24(25)26(28-29)18-22-14-9-13-21-12-5-6-15-23(21)22/h2-17,19H,18H2,1H3. The van der Waals surface area contributed by atoms with E-state index in [1.54, 1.807) is 4.68 Å². The molecule has 4 aromatic carbocycles. The second-order valence-electron chi connectivity index (χ2n) is 7.64. The highest BCUT2D eigenvalue weighted by Gasteiger charge is 2.16. The van der Waals surface area contributed by atoms with Gasteiger partial charge in [-0.25, -0.2) is 4.68 Å². The van der Waals surface area contributed by atoms with Crippen LogP contribution < -0.4 is 5.56 Å². The minimum absolute atomic E-state index is 0.0522. The number of benzene rings is 4. The van der Waals surface area contributed by atoms with Crippen molar-refractivity contribution < 1.29 is 0 Å². The fourth-order valence-electron chi connectivity index (χ4n) is 4.17. The molecule has 5 aromatic rings. The Balaban J connectivity index is 1.70. The van der Waals surface area contributed by atoms with Crippen molar-refractivity contribution in [3.8, 4) is 0 Å². The zero-order chi connectivity index (χ0) is 20.5. The van der Waals surface area contributed by atoms with Gasteiger partial charge in [-0.15, -0.1) is 0 Å². The highest BCUT2D eigenvalue weighted by molar-refractivity contribution is 5.88. The smallest absolute Gasteiger partial charge is 0.267 e. The summed E-state index contributed by atoms with van der Waals surface area (Å²) in [5, 5.41) is 8.95. The third-order valence-electron chi connectivity index (χ3n) is 5.79. The van der Waals surface area contributed by atoms with Crippen LogP contribution in [0.5, 0.6) is 0 Å². The van der Waals surface area contributed by atoms with E-state index in [0.717, 1.165) is 16.6 Å². The summed E-state index contributed by atoms with van der Waals surface area (Å²) in [6, 6.07) is 32.5. The minimum atomic E-state index is -0.144. The van der Waals surface area contributed by atoms with Crippen molar-refractivity contribution in [1.29, 1.82) is 0 Å². The van der Waals surface area contributed by atoms with Crippen LogP contribution in [0.25, 0.3) is 21.5 Å². The number of fused-ring (bicyclic) bond motifs is 2. The van der Waals surface area contributed by atoms with Crippen molar-refractivity contribution in [2.75, 3.05) is 0 Å². The van der Waals surface area contributed by atoms with Crippen LogP contribution in [0.1, 0.15) is 29.8 Å². The Kier molecular flexibility index (Phi) is 4.64. The Labute approximate surface area is 175 Å². The minimum Gasteiger partial charge on any atom is -0.267 e. The van der Waals surface area contributed by atoms with Crippen molar-refractivity contribution in [3.05, 3.63) is 124 Å². The van der Waals surface area contributed by atoms with Crippen molar-refractivity contribution in [1.82, 2.24) is 9.78 Å². The highest BCUT2D eigenvalue weighted by atomic mass is 16.1. The van der Waals surface area contributed by atoms with Crippen LogP contribution in [0.2, 0.25) is 0 Å². The monoisotopic (exact) mass is 390 g/mol. The first-order valence-electron chi connectivity index (χ1n) is 10.2. The average Bonchev–Trinajstić information content (AvgIpc) is 2.81. The molecule has 0 saturated heterocycles. The van der Waals surface area contributed by atoms with Gasteiger partial charge in [-0.2, -0.15) is 5.10 Å². The summed E-state index contributed by atoms with van der Waals surface area (Å²) in [5.74, 6) is 0. The number of rotatable bonds is 4. The highest BCUT2D eigenvalue weighted by Crippen LogP contribution is 2.24. The molecule has 0 fully saturated rings. The van der Waals surface area contributed by atoms with Crippen LogP contribution in [0.15, 0.2) is 102 Å². The molecule has 0 spiro atoms. The van der Waals surface area contributed by atoms with Gasteiger partial charge in [-0.1, -0.05) is 91.0 Å². The molecular weight excluding hydrogens is 368 g/mol. The predicted octanol–water partition coefficient (Wildman–Crippen LogP) is 5.75. The number of aromatic nitrogens is 2. The molecule has 0 saturated carbocycles. The second kappa shape index (κ2) is 7.60. The molecular formula is C27H22N2O. The van der Waals surface area contributed by atoms with E-state index in [0.29, 0.717) is 11.8 Å². The summed E-state index contributed by atoms with van der Waals surface area (Å²) in [6.07, 6.45) is 0.670. The maximum absolute atomic E-state index is 13.3. The lowest BCUT2D eigenvalue weighted by atomic mass is 9.98. The van der Waals surface area contributed by atoms with Gasteiger partial charge < -0.3 is 0 Å². The van der Waals surface area contributed by atoms with E-state index in [1.165, 1.54) is 16.3 Å². The van der Waals surface area contributed by atoms with Gasteiger partial charge in [0.1, 0.15) is 0 Å². The summed E-state index contributed by atoms with van der Waals surface area (Å²) in [4.78, 5) is 13.3. The molecule has 0 aliphatic heterocycles. The van der Waals surface area contributed by atoms with Crippen molar-refractivity contribution in [2.45, 2.75) is 19.4 Å². The Hall–Kier alpha value is -3.72. The molecule has 0 amide bonds. The first-order chi connectivity index (χ1) is 14.7. The second-order valence-corrected chi connectivity index (χ2v) is 7.64. The molecule has 30 heavy (non-hydrogen) atoms. The van der Waals surface area contributed by atoms with E-state index >= 15 is 0 Å². The first-order valence-corrected chi connectivity index (χ1v) is 10.2. The van der Waals surface area contributed by atoms with E-state index < -0.39 is 0 Å². The Morgan fingerprint density at radius 2 is 1.37 bits per heavy atom. The summed E-state index contributed by atoms with van der Waals surface area (Å²) in [7, 11) is 0. The summed E-state index contributed by atoms with van der Waals surface area (Å²) < 4.78 is 1.64. The molecule has 3 nitrogen and oxygen atoms in total. The van der Waals surface area contributed by atoms with E-state index in [4.69, 9.17) is 5.10 Å². The Morgan fingerprint density at radius 1 is 0.733 bits per heavy atom. The molecule has 0 aliphatic rings. The van der Waals surface area contributed by atoms with Crippen LogP contribution in [0.4, 0.5) is 0 Å². The maximum atomic E-state index is 13.3. The van der Waals surface area contributed by atoms with Crippen molar-refractivity contribution in [2.24, 2.45) is 0 Å². The third-order valence-corrected chi connectivity index (χ3v) is 5.79. The maximum Gasteiger partial charge on any atom is 0.275 e. The number of hydrogen-bond acceptors (Lipinski definition) is 2.